The molecule has 0 atom stereocenters. The molecule has 3 aromatic heterocycles. The number of nitrogens with one attached hydrogen (secondary N) is 1. The molecule has 4 heterocycles. The summed E-state index contributed by atoms with van der Waals surface area (Å²) in [6.07, 6.45) is 7.24. The maximum atomic E-state index is 14.1. The molecule has 0 radical (unpaired) electrons. The molecule has 118 valence electrons. The van der Waals surface area contributed by atoms with Gasteiger partial charge in [0.1, 0.15) is 5.82 Å². The highest BCUT2D eigenvalue weighted by Gasteiger charge is 2.19. The van der Waals surface area contributed by atoms with Crippen LogP contribution in [0.2, 0.25) is 0 Å². The van der Waals surface area contributed by atoms with Crippen molar-refractivity contribution in [1.82, 2.24) is 25.1 Å². The molecule has 3 aromatic rings. The molecule has 0 saturated carbocycles. The van der Waals surface area contributed by atoms with Crippen LogP contribution in [-0.2, 0) is 0 Å². The molecule has 0 spiro atoms. The van der Waals surface area contributed by atoms with E-state index in [0.29, 0.717) is 23.0 Å². The van der Waals surface area contributed by atoms with E-state index in [0.717, 1.165) is 36.8 Å². The summed E-state index contributed by atoms with van der Waals surface area (Å²) in [6, 6.07) is 3.66. The summed E-state index contributed by atoms with van der Waals surface area (Å²) in [6.45, 7) is 3.82. The van der Waals surface area contributed by atoms with Gasteiger partial charge < -0.3 is 5.32 Å². The molecule has 0 amide bonds. The fourth-order valence-electron chi connectivity index (χ4n) is 3.27. The minimum atomic E-state index is -0.296. The lowest BCUT2D eigenvalue weighted by molar-refractivity contribution is 0.351. The zero-order valence-corrected chi connectivity index (χ0v) is 13.0. The summed E-state index contributed by atoms with van der Waals surface area (Å²) < 4.78 is 16.2. The third-order valence-corrected chi connectivity index (χ3v) is 4.48. The van der Waals surface area contributed by atoms with E-state index in [-0.39, 0.29) is 5.82 Å². The average Bonchev–Trinajstić information content (AvgIpc) is 2.99. The molecule has 6 heteroatoms. The highest BCUT2D eigenvalue weighted by molar-refractivity contribution is 5.82. The second-order valence-corrected chi connectivity index (χ2v) is 5.95. The number of aromatic nitrogens is 4. The monoisotopic (exact) mass is 311 g/mol. The highest BCUT2D eigenvalue weighted by atomic mass is 19.1. The van der Waals surface area contributed by atoms with Gasteiger partial charge in [-0.3, -0.25) is 14.6 Å². The number of hydrogen-bond acceptors (Lipinski definition) is 4. The van der Waals surface area contributed by atoms with E-state index in [1.807, 2.05) is 12.3 Å². The van der Waals surface area contributed by atoms with Crippen molar-refractivity contribution in [2.24, 2.45) is 0 Å². The molecule has 0 bridgehead atoms. The van der Waals surface area contributed by atoms with Gasteiger partial charge >= 0.3 is 0 Å². The fourth-order valence-corrected chi connectivity index (χ4v) is 3.27. The van der Waals surface area contributed by atoms with Crippen molar-refractivity contribution < 1.29 is 4.39 Å². The van der Waals surface area contributed by atoms with Gasteiger partial charge in [-0.25, -0.2) is 4.39 Å². The first-order chi connectivity index (χ1) is 11.2. The number of piperidine rings is 1. The Labute approximate surface area is 133 Å². The third kappa shape index (κ3) is 2.49. The Kier molecular flexibility index (Phi) is 3.53. The van der Waals surface area contributed by atoms with Crippen LogP contribution in [0, 0.1) is 12.7 Å². The van der Waals surface area contributed by atoms with Crippen LogP contribution in [0.1, 0.15) is 24.6 Å². The van der Waals surface area contributed by atoms with E-state index >= 15 is 0 Å². The molecule has 5 nitrogen and oxygen atoms in total. The van der Waals surface area contributed by atoms with Crippen molar-refractivity contribution >= 4 is 10.9 Å². The predicted molar refractivity (Wildman–Crippen MR) is 86.6 cm³/mol. The molecule has 0 unspecified atom stereocenters. The van der Waals surface area contributed by atoms with Gasteiger partial charge in [0.15, 0.2) is 0 Å². The Hall–Kier alpha value is -2.34. The molecular formula is C17H18FN5. The van der Waals surface area contributed by atoms with E-state index in [2.05, 4.69) is 25.1 Å². The van der Waals surface area contributed by atoms with Gasteiger partial charge in [0, 0.05) is 17.3 Å². The van der Waals surface area contributed by atoms with E-state index in [1.54, 1.807) is 13.1 Å². The van der Waals surface area contributed by atoms with Gasteiger partial charge in [0.25, 0.3) is 0 Å². The summed E-state index contributed by atoms with van der Waals surface area (Å²) in [5.41, 5.74) is 2.71. The zero-order valence-electron chi connectivity index (χ0n) is 13.0. The number of rotatable bonds is 2. The molecule has 0 aliphatic carbocycles. The number of halogens is 1. The van der Waals surface area contributed by atoms with Crippen LogP contribution in [-0.4, -0.2) is 32.8 Å². The first-order valence-corrected chi connectivity index (χ1v) is 7.89. The molecule has 0 aromatic carbocycles. The minimum Gasteiger partial charge on any atom is -0.317 e. The number of aryl methyl sites for hydroxylation is 1. The lowest BCUT2D eigenvalue weighted by Gasteiger charge is -2.23. The highest BCUT2D eigenvalue weighted by Crippen LogP contribution is 2.28. The molecular weight excluding hydrogens is 293 g/mol. The average molecular weight is 311 g/mol. The predicted octanol–water partition coefficient (Wildman–Crippen LogP) is 2.87. The molecule has 1 fully saturated rings. The smallest absolute Gasteiger partial charge is 0.135 e. The standard InChI is InChI=1S/C17H18FN5/c1-11-17(14(18)4-7-20-11)15-8-12-9-22-23(16(12)10-21-15)13-2-5-19-6-3-13/h4,7-10,13,19H,2-3,5-6H2,1H3. The van der Waals surface area contributed by atoms with Crippen molar-refractivity contribution in [1.29, 1.82) is 0 Å². The van der Waals surface area contributed by atoms with Crippen molar-refractivity contribution in [2.75, 3.05) is 13.1 Å². The Balaban J connectivity index is 1.78. The van der Waals surface area contributed by atoms with Gasteiger partial charge in [-0.2, -0.15) is 5.10 Å². The second-order valence-electron chi connectivity index (χ2n) is 5.95. The number of pyridine rings is 2. The van der Waals surface area contributed by atoms with E-state index in [9.17, 15) is 4.39 Å². The Morgan fingerprint density at radius 2 is 2.04 bits per heavy atom. The van der Waals surface area contributed by atoms with Crippen molar-refractivity contribution in [3.8, 4) is 11.3 Å². The van der Waals surface area contributed by atoms with Gasteiger partial charge in [0.05, 0.1) is 35.2 Å². The number of nitrogens with zero attached hydrogens (tertiary/aromatic N) is 4. The summed E-state index contributed by atoms with van der Waals surface area (Å²) >= 11 is 0. The minimum absolute atomic E-state index is 0.296. The van der Waals surface area contributed by atoms with Gasteiger partial charge in [-0.05, 0) is 45.0 Å². The lowest BCUT2D eigenvalue weighted by atomic mass is 10.1. The van der Waals surface area contributed by atoms with E-state index in [4.69, 9.17) is 0 Å². The first kappa shape index (κ1) is 14.3. The van der Waals surface area contributed by atoms with Crippen LogP contribution in [0.15, 0.2) is 30.7 Å². The van der Waals surface area contributed by atoms with Gasteiger partial charge in [-0.15, -0.1) is 0 Å². The molecule has 1 N–H and O–H groups in total. The topological polar surface area (TPSA) is 55.6 Å². The quantitative estimate of drug-likeness (QED) is 0.790. The van der Waals surface area contributed by atoms with Crippen LogP contribution in [0.25, 0.3) is 22.2 Å². The van der Waals surface area contributed by atoms with E-state index in [1.165, 1.54) is 12.3 Å². The van der Waals surface area contributed by atoms with Gasteiger partial charge in [0.2, 0.25) is 0 Å². The van der Waals surface area contributed by atoms with Gasteiger partial charge in [-0.1, -0.05) is 0 Å². The molecule has 1 aliphatic heterocycles. The normalized spacial score (nSPS) is 16.1. The first-order valence-electron chi connectivity index (χ1n) is 7.89. The van der Waals surface area contributed by atoms with Crippen LogP contribution in [0.3, 0.4) is 0 Å². The maximum absolute atomic E-state index is 14.1. The third-order valence-electron chi connectivity index (χ3n) is 4.48. The molecule has 1 saturated heterocycles. The number of hydrogen-bond donors (Lipinski definition) is 1. The summed E-state index contributed by atoms with van der Waals surface area (Å²) in [5, 5.41) is 8.88. The Morgan fingerprint density at radius 1 is 1.22 bits per heavy atom. The van der Waals surface area contributed by atoms with Crippen molar-refractivity contribution in [2.45, 2.75) is 25.8 Å². The SMILES string of the molecule is Cc1nccc(F)c1-c1cc2cnn(C3CCNCC3)c2cn1. The van der Waals surface area contributed by atoms with Crippen LogP contribution >= 0.6 is 0 Å². The van der Waals surface area contributed by atoms with Crippen molar-refractivity contribution in [3.63, 3.8) is 0 Å². The number of fused-ring (bicyclic) bond motifs is 1. The largest absolute Gasteiger partial charge is 0.317 e. The summed E-state index contributed by atoms with van der Waals surface area (Å²) in [4.78, 5) is 8.64. The van der Waals surface area contributed by atoms with Crippen LogP contribution in [0.5, 0.6) is 0 Å². The Morgan fingerprint density at radius 3 is 2.83 bits per heavy atom. The molecule has 23 heavy (non-hydrogen) atoms. The molecule has 4 rings (SSSR count). The second kappa shape index (κ2) is 5.70. The summed E-state index contributed by atoms with van der Waals surface area (Å²) in [7, 11) is 0. The van der Waals surface area contributed by atoms with Crippen LogP contribution in [0.4, 0.5) is 4.39 Å². The van der Waals surface area contributed by atoms with Crippen LogP contribution < -0.4 is 5.32 Å². The maximum Gasteiger partial charge on any atom is 0.135 e. The van der Waals surface area contributed by atoms with E-state index < -0.39 is 0 Å². The molecule has 1 aliphatic rings. The van der Waals surface area contributed by atoms with Crippen molar-refractivity contribution in [3.05, 3.63) is 42.2 Å². The summed E-state index contributed by atoms with van der Waals surface area (Å²) in [5.74, 6) is -0.296. The lowest BCUT2D eigenvalue weighted by Crippen LogP contribution is -2.29. The fraction of sp³-hybridized carbons (Fsp3) is 0.353. The zero-order chi connectivity index (χ0) is 15.8. The Bertz CT molecular complexity index is 831.